The summed E-state index contributed by atoms with van der Waals surface area (Å²) in [4.78, 5) is 18.3. The maximum atomic E-state index is 12.1. The molecule has 2 heterocycles. The molecular weight excluding hydrogens is 252 g/mol. The third-order valence-corrected chi connectivity index (χ3v) is 3.28. The molecule has 2 rings (SSSR count). The number of pyridine rings is 1. The van der Waals surface area contributed by atoms with Crippen LogP contribution in [0.2, 0.25) is 0 Å². The van der Waals surface area contributed by atoms with Gasteiger partial charge in [-0.1, -0.05) is 0 Å². The van der Waals surface area contributed by atoms with Crippen molar-refractivity contribution in [2.45, 2.75) is 32.7 Å². The zero-order valence-corrected chi connectivity index (χ0v) is 12.2. The number of carbonyl (C=O) groups is 1. The molecule has 1 unspecified atom stereocenters. The molecule has 0 saturated carbocycles. The lowest BCUT2D eigenvalue weighted by Crippen LogP contribution is -2.44. The molecule has 0 bridgehead atoms. The number of carbonyl (C=O) groups excluding carboxylic acids is 1. The van der Waals surface area contributed by atoms with Crippen molar-refractivity contribution in [3.63, 3.8) is 0 Å². The van der Waals surface area contributed by atoms with Crippen LogP contribution in [0.4, 0.5) is 5.69 Å². The molecule has 1 aromatic heterocycles. The van der Waals surface area contributed by atoms with Gasteiger partial charge in [0.05, 0.1) is 17.8 Å². The summed E-state index contributed by atoms with van der Waals surface area (Å²) in [5, 5.41) is 11.8. The third-order valence-electron chi connectivity index (χ3n) is 3.28. The molecule has 106 valence electrons. The van der Waals surface area contributed by atoms with Gasteiger partial charge >= 0.3 is 0 Å². The molecule has 0 aliphatic carbocycles. The Balaban J connectivity index is 1.98. The molecule has 5 heteroatoms. The molecular formula is C15H20N4O. The highest BCUT2D eigenvalue weighted by Gasteiger charge is 2.30. The number of nitrogens with zero attached hydrogens (tertiary/aromatic N) is 3. The van der Waals surface area contributed by atoms with E-state index >= 15 is 0 Å². The molecule has 0 aromatic carbocycles. The van der Waals surface area contributed by atoms with Gasteiger partial charge in [-0.25, -0.2) is 4.98 Å². The SMILES string of the molecule is CC(C)(C)NC(=O)C1CCN(c2ccc(C#N)nc2)C1. The summed E-state index contributed by atoms with van der Waals surface area (Å²) in [7, 11) is 0. The van der Waals surface area contributed by atoms with E-state index in [1.165, 1.54) is 0 Å². The van der Waals surface area contributed by atoms with Crippen LogP contribution in [0, 0.1) is 17.2 Å². The predicted molar refractivity (Wildman–Crippen MR) is 77.2 cm³/mol. The molecule has 1 aromatic rings. The molecule has 0 spiro atoms. The Kier molecular flexibility index (Phi) is 3.93. The summed E-state index contributed by atoms with van der Waals surface area (Å²) in [5.74, 6) is 0.131. The summed E-state index contributed by atoms with van der Waals surface area (Å²) >= 11 is 0. The highest BCUT2D eigenvalue weighted by molar-refractivity contribution is 5.80. The fraction of sp³-hybridized carbons (Fsp3) is 0.533. The van der Waals surface area contributed by atoms with Gasteiger partial charge in [0, 0.05) is 18.6 Å². The monoisotopic (exact) mass is 272 g/mol. The molecule has 5 nitrogen and oxygen atoms in total. The normalized spacial score (nSPS) is 18.7. The first kappa shape index (κ1) is 14.3. The zero-order chi connectivity index (χ0) is 14.8. The van der Waals surface area contributed by atoms with Gasteiger partial charge < -0.3 is 10.2 Å². The van der Waals surface area contributed by atoms with Crippen molar-refractivity contribution in [1.82, 2.24) is 10.3 Å². The Labute approximate surface area is 119 Å². The molecule has 1 fully saturated rings. The number of nitriles is 1. The average Bonchev–Trinajstić information content (AvgIpc) is 2.86. The Hall–Kier alpha value is -2.09. The van der Waals surface area contributed by atoms with E-state index < -0.39 is 0 Å². The lowest BCUT2D eigenvalue weighted by molar-refractivity contribution is -0.125. The van der Waals surface area contributed by atoms with Crippen LogP contribution in [0.5, 0.6) is 0 Å². The number of hydrogen-bond acceptors (Lipinski definition) is 4. The quantitative estimate of drug-likeness (QED) is 0.889. The van der Waals surface area contributed by atoms with Gasteiger partial charge in [-0.3, -0.25) is 4.79 Å². The fourth-order valence-corrected chi connectivity index (χ4v) is 2.32. The molecule has 1 saturated heterocycles. The van der Waals surface area contributed by atoms with E-state index in [2.05, 4.69) is 15.2 Å². The van der Waals surface area contributed by atoms with Crippen molar-refractivity contribution >= 4 is 11.6 Å². The van der Waals surface area contributed by atoms with Crippen molar-refractivity contribution in [1.29, 1.82) is 5.26 Å². The van der Waals surface area contributed by atoms with Crippen LogP contribution in [0.3, 0.4) is 0 Å². The van der Waals surface area contributed by atoms with E-state index in [1.54, 1.807) is 12.3 Å². The van der Waals surface area contributed by atoms with Crippen molar-refractivity contribution in [2.24, 2.45) is 5.92 Å². The third kappa shape index (κ3) is 3.47. The number of hydrogen-bond donors (Lipinski definition) is 1. The average molecular weight is 272 g/mol. The second kappa shape index (κ2) is 5.49. The van der Waals surface area contributed by atoms with Gasteiger partial charge in [0.15, 0.2) is 0 Å². The molecule has 1 atom stereocenters. The van der Waals surface area contributed by atoms with Crippen LogP contribution >= 0.6 is 0 Å². The fourth-order valence-electron chi connectivity index (χ4n) is 2.32. The van der Waals surface area contributed by atoms with E-state index in [0.29, 0.717) is 12.2 Å². The van der Waals surface area contributed by atoms with E-state index in [9.17, 15) is 4.79 Å². The van der Waals surface area contributed by atoms with Crippen molar-refractivity contribution < 1.29 is 4.79 Å². The van der Waals surface area contributed by atoms with Crippen LogP contribution in [-0.4, -0.2) is 29.5 Å². The van der Waals surface area contributed by atoms with Gasteiger partial charge in [-0.05, 0) is 39.3 Å². The Morgan fingerprint density at radius 1 is 1.50 bits per heavy atom. The Bertz CT molecular complexity index is 524. The van der Waals surface area contributed by atoms with Gasteiger partial charge in [0.2, 0.25) is 5.91 Å². The van der Waals surface area contributed by atoms with Gasteiger partial charge in [-0.15, -0.1) is 0 Å². The molecule has 1 aliphatic rings. The summed E-state index contributed by atoms with van der Waals surface area (Å²) in [6.07, 6.45) is 2.55. The van der Waals surface area contributed by atoms with Crippen molar-refractivity contribution in [3.05, 3.63) is 24.0 Å². The first-order valence-electron chi connectivity index (χ1n) is 6.82. The summed E-state index contributed by atoms with van der Waals surface area (Å²) in [6, 6.07) is 5.59. The minimum Gasteiger partial charge on any atom is -0.369 e. The summed E-state index contributed by atoms with van der Waals surface area (Å²) in [5.41, 5.74) is 1.19. The lowest BCUT2D eigenvalue weighted by Gasteiger charge is -2.23. The van der Waals surface area contributed by atoms with Crippen molar-refractivity contribution in [2.75, 3.05) is 18.0 Å². The minimum atomic E-state index is -0.194. The number of nitrogens with one attached hydrogen (secondary N) is 1. The second-order valence-electron chi connectivity index (χ2n) is 6.18. The molecule has 0 radical (unpaired) electrons. The Morgan fingerprint density at radius 3 is 2.80 bits per heavy atom. The molecule has 20 heavy (non-hydrogen) atoms. The van der Waals surface area contributed by atoms with Crippen molar-refractivity contribution in [3.8, 4) is 6.07 Å². The number of rotatable bonds is 2. The number of amides is 1. The van der Waals surface area contributed by atoms with Gasteiger partial charge in [0.25, 0.3) is 0 Å². The van der Waals surface area contributed by atoms with E-state index in [-0.39, 0.29) is 17.4 Å². The van der Waals surface area contributed by atoms with E-state index in [1.807, 2.05) is 32.9 Å². The smallest absolute Gasteiger partial charge is 0.225 e. The maximum Gasteiger partial charge on any atom is 0.225 e. The highest BCUT2D eigenvalue weighted by atomic mass is 16.2. The standard InChI is InChI=1S/C15H20N4O/c1-15(2,3)18-14(20)11-6-7-19(10-11)13-5-4-12(8-16)17-9-13/h4-5,9,11H,6-7,10H2,1-3H3,(H,18,20). The van der Waals surface area contributed by atoms with E-state index in [0.717, 1.165) is 18.7 Å². The second-order valence-corrected chi connectivity index (χ2v) is 6.18. The minimum absolute atomic E-state index is 0.0184. The maximum absolute atomic E-state index is 12.1. The molecule has 1 N–H and O–H groups in total. The topological polar surface area (TPSA) is 69.0 Å². The first-order chi connectivity index (χ1) is 9.39. The van der Waals surface area contributed by atoms with Crippen LogP contribution in [-0.2, 0) is 4.79 Å². The molecule has 1 aliphatic heterocycles. The largest absolute Gasteiger partial charge is 0.369 e. The predicted octanol–water partition coefficient (Wildman–Crippen LogP) is 1.69. The first-order valence-corrected chi connectivity index (χ1v) is 6.82. The van der Waals surface area contributed by atoms with Crippen LogP contribution in [0.25, 0.3) is 0 Å². The van der Waals surface area contributed by atoms with Crippen LogP contribution in [0.1, 0.15) is 32.9 Å². The lowest BCUT2D eigenvalue weighted by atomic mass is 10.0. The summed E-state index contributed by atoms with van der Waals surface area (Å²) < 4.78 is 0. The highest BCUT2D eigenvalue weighted by Crippen LogP contribution is 2.23. The van der Waals surface area contributed by atoms with Gasteiger partial charge in [-0.2, -0.15) is 5.26 Å². The van der Waals surface area contributed by atoms with E-state index in [4.69, 9.17) is 5.26 Å². The van der Waals surface area contributed by atoms with Crippen LogP contribution in [0.15, 0.2) is 18.3 Å². The Morgan fingerprint density at radius 2 is 2.25 bits per heavy atom. The van der Waals surface area contributed by atoms with Gasteiger partial charge in [0.1, 0.15) is 11.8 Å². The summed E-state index contributed by atoms with van der Waals surface area (Å²) in [6.45, 7) is 7.51. The molecule has 1 amide bonds. The number of aromatic nitrogens is 1. The zero-order valence-electron chi connectivity index (χ0n) is 12.2. The van der Waals surface area contributed by atoms with Crippen LogP contribution < -0.4 is 10.2 Å². The number of anilines is 1.